The summed E-state index contributed by atoms with van der Waals surface area (Å²) < 4.78 is 9.83. The highest BCUT2D eigenvalue weighted by Crippen LogP contribution is 2.12. The van der Waals surface area contributed by atoms with Crippen molar-refractivity contribution in [2.75, 3.05) is 13.2 Å². The van der Waals surface area contributed by atoms with Gasteiger partial charge < -0.3 is 14.6 Å². The summed E-state index contributed by atoms with van der Waals surface area (Å²) in [6.07, 6.45) is 5.38. The van der Waals surface area contributed by atoms with Crippen molar-refractivity contribution in [1.29, 1.82) is 0 Å². The Morgan fingerprint density at radius 3 is 3.17 bits per heavy atom. The Hall–Kier alpha value is -1.43. The Bertz CT molecular complexity index is 386. The van der Waals surface area contributed by atoms with Crippen LogP contribution in [0.15, 0.2) is 4.52 Å². The molecular weight excluding hydrogens is 234 g/mol. The lowest BCUT2D eigenvalue weighted by molar-refractivity contribution is 0.0508. The molecule has 0 saturated carbocycles. The maximum atomic E-state index is 11.3. The molecule has 100 valence electrons. The first-order valence-corrected chi connectivity index (χ1v) is 6.52. The van der Waals surface area contributed by atoms with E-state index in [0.29, 0.717) is 25.0 Å². The zero-order valence-corrected chi connectivity index (χ0v) is 10.6. The van der Waals surface area contributed by atoms with Crippen LogP contribution in [0, 0.1) is 0 Å². The summed E-state index contributed by atoms with van der Waals surface area (Å²) >= 11 is 0. The second-order valence-electron chi connectivity index (χ2n) is 4.42. The maximum Gasteiger partial charge on any atom is 0.379 e. The van der Waals surface area contributed by atoms with Crippen molar-refractivity contribution in [2.24, 2.45) is 0 Å². The Kier molecular flexibility index (Phi) is 4.69. The normalized spacial score (nSPS) is 19.7. The zero-order chi connectivity index (χ0) is 12.8. The fraction of sp³-hybridized carbons (Fsp3) is 0.750. The molecule has 1 aliphatic rings. The number of hydrogen-bond donors (Lipinski definition) is 1. The van der Waals surface area contributed by atoms with Crippen LogP contribution in [-0.2, 0) is 11.2 Å². The third-order valence-electron chi connectivity index (χ3n) is 3.05. The van der Waals surface area contributed by atoms with E-state index in [1.807, 2.05) is 0 Å². The Morgan fingerprint density at radius 2 is 2.44 bits per heavy atom. The van der Waals surface area contributed by atoms with Crippen LogP contribution in [0.25, 0.3) is 0 Å². The summed E-state index contributed by atoms with van der Waals surface area (Å²) in [7, 11) is 0. The van der Waals surface area contributed by atoms with E-state index in [-0.39, 0.29) is 5.82 Å². The van der Waals surface area contributed by atoms with Gasteiger partial charge in [0.25, 0.3) is 5.82 Å². The molecule has 1 atom stereocenters. The highest BCUT2D eigenvalue weighted by molar-refractivity contribution is 5.84. The molecule has 1 unspecified atom stereocenters. The van der Waals surface area contributed by atoms with Crippen LogP contribution in [-0.4, -0.2) is 35.3 Å². The Balaban J connectivity index is 1.80. The minimum Gasteiger partial charge on any atom is -0.460 e. The van der Waals surface area contributed by atoms with Gasteiger partial charge in [-0.2, -0.15) is 4.98 Å². The molecule has 0 aromatic carbocycles. The van der Waals surface area contributed by atoms with E-state index in [0.717, 1.165) is 13.0 Å². The summed E-state index contributed by atoms with van der Waals surface area (Å²) in [5.41, 5.74) is 0. The molecule has 0 amide bonds. The van der Waals surface area contributed by atoms with E-state index < -0.39 is 5.97 Å². The maximum absolute atomic E-state index is 11.3. The Morgan fingerprint density at radius 1 is 1.56 bits per heavy atom. The van der Waals surface area contributed by atoms with Crippen LogP contribution in [0.1, 0.15) is 49.1 Å². The third-order valence-corrected chi connectivity index (χ3v) is 3.05. The molecule has 1 saturated heterocycles. The molecule has 0 aliphatic carbocycles. The topological polar surface area (TPSA) is 77.2 Å². The van der Waals surface area contributed by atoms with Gasteiger partial charge in [0.1, 0.15) is 0 Å². The Labute approximate surface area is 106 Å². The summed E-state index contributed by atoms with van der Waals surface area (Å²) in [6, 6.07) is 0.525. The number of carbonyl (C=O) groups excluding carboxylic acids is 1. The molecule has 18 heavy (non-hydrogen) atoms. The highest BCUT2D eigenvalue weighted by Gasteiger charge is 2.17. The second kappa shape index (κ2) is 6.49. The quantitative estimate of drug-likeness (QED) is 0.797. The number of carbonyl (C=O) groups is 1. The van der Waals surface area contributed by atoms with Gasteiger partial charge in [0.15, 0.2) is 0 Å². The second-order valence-corrected chi connectivity index (χ2v) is 4.42. The van der Waals surface area contributed by atoms with Crippen molar-refractivity contribution >= 4 is 5.97 Å². The highest BCUT2D eigenvalue weighted by atomic mass is 16.5. The van der Waals surface area contributed by atoms with Crippen molar-refractivity contribution in [3.63, 3.8) is 0 Å². The fourth-order valence-electron chi connectivity index (χ4n) is 2.10. The molecule has 1 N–H and O–H groups in total. The SMILES string of the molecule is CCOC(=O)c1noc(CCC2CCCCN2)n1. The first kappa shape index (κ1) is 13.0. The minimum absolute atomic E-state index is 0.0171. The lowest BCUT2D eigenvalue weighted by atomic mass is 10.0. The van der Waals surface area contributed by atoms with Crippen LogP contribution in [0.5, 0.6) is 0 Å². The number of aromatic nitrogens is 2. The molecule has 6 nitrogen and oxygen atoms in total. The standard InChI is InChI=1S/C12H19N3O3/c1-2-17-12(16)11-14-10(18-15-11)7-6-9-5-3-4-8-13-9/h9,13H,2-8H2,1H3. The van der Waals surface area contributed by atoms with Gasteiger partial charge in [-0.05, 0) is 37.9 Å². The van der Waals surface area contributed by atoms with Gasteiger partial charge in [0.2, 0.25) is 5.89 Å². The molecule has 6 heteroatoms. The molecule has 0 bridgehead atoms. The van der Waals surface area contributed by atoms with Gasteiger partial charge in [-0.15, -0.1) is 0 Å². The van der Waals surface area contributed by atoms with E-state index in [4.69, 9.17) is 9.26 Å². The van der Waals surface area contributed by atoms with Gasteiger partial charge >= 0.3 is 5.97 Å². The van der Waals surface area contributed by atoms with Crippen LogP contribution in [0.4, 0.5) is 0 Å². The average Bonchev–Trinajstić information content (AvgIpc) is 2.87. The number of rotatable bonds is 5. The number of piperidine rings is 1. The van der Waals surface area contributed by atoms with Crippen LogP contribution < -0.4 is 5.32 Å². The number of aryl methyl sites for hydroxylation is 1. The fourth-order valence-corrected chi connectivity index (χ4v) is 2.10. The summed E-state index contributed by atoms with van der Waals surface area (Å²) in [4.78, 5) is 15.4. The van der Waals surface area contributed by atoms with Crippen molar-refractivity contribution < 1.29 is 14.1 Å². The molecule has 1 aromatic rings. The first-order valence-electron chi connectivity index (χ1n) is 6.52. The molecule has 0 radical (unpaired) electrons. The largest absolute Gasteiger partial charge is 0.460 e. The minimum atomic E-state index is -0.525. The molecule has 2 rings (SSSR count). The summed E-state index contributed by atoms with van der Waals surface area (Å²) in [5.74, 6) is -0.00262. The van der Waals surface area contributed by atoms with E-state index in [1.54, 1.807) is 6.92 Å². The average molecular weight is 253 g/mol. The monoisotopic (exact) mass is 253 g/mol. The van der Waals surface area contributed by atoms with Gasteiger partial charge in [-0.1, -0.05) is 6.42 Å². The van der Waals surface area contributed by atoms with Crippen LogP contribution in [0.3, 0.4) is 0 Å². The van der Waals surface area contributed by atoms with Crippen molar-refractivity contribution in [1.82, 2.24) is 15.5 Å². The molecule has 1 fully saturated rings. The lowest BCUT2D eigenvalue weighted by Crippen LogP contribution is -2.34. The number of nitrogens with one attached hydrogen (secondary N) is 1. The molecular formula is C12H19N3O3. The number of esters is 1. The molecule has 0 spiro atoms. The van der Waals surface area contributed by atoms with Crippen molar-refractivity contribution in [3.8, 4) is 0 Å². The number of hydrogen-bond acceptors (Lipinski definition) is 6. The predicted octanol–water partition coefficient (Wildman–Crippen LogP) is 1.32. The van der Waals surface area contributed by atoms with E-state index in [1.165, 1.54) is 19.3 Å². The number of ether oxygens (including phenoxy) is 1. The lowest BCUT2D eigenvalue weighted by Gasteiger charge is -2.22. The van der Waals surface area contributed by atoms with Crippen LogP contribution in [0.2, 0.25) is 0 Å². The van der Waals surface area contributed by atoms with Crippen molar-refractivity contribution in [2.45, 2.75) is 45.1 Å². The smallest absolute Gasteiger partial charge is 0.379 e. The molecule has 1 aromatic heterocycles. The van der Waals surface area contributed by atoms with Gasteiger partial charge in [0, 0.05) is 12.5 Å². The van der Waals surface area contributed by atoms with Crippen molar-refractivity contribution in [3.05, 3.63) is 11.7 Å². The first-order chi connectivity index (χ1) is 8.79. The van der Waals surface area contributed by atoms with Gasteiger partial charge in [-0.25, -0.2) is 4.79 Å². The van der Waals surface area contributed by atoms with Gasteiger partial charge in [0.05, 0.1) is 6.61 Å². The van der Waals surface area contributed by atoms with Crippen LogP contribution >= 0.6 is 0 Å². The van der Waals surface area contributed by atoms with Gasteiger partial charge in [-0.3, -0.25) is 0 Å². The van der Waals surface area contributed by atoms with E-state index in [2.05, 4.69) is 15.5 Å². The van der Waals surface area contributed by atoms with E-state index in [9.17, 15) is 4.79 Å². The third kappa shape index (κ3) is 3.53. The number of nitrogens with zero attached hydrogens (tertiary/aromatic N) is 2. The summed E-state index contributed by atoms with van der Waals surface area (Å²) in [6.45, 7) is 3.14. The molecule has 2 heterocycles. The zero-order valence-electron chi connectivity index (χ0n) is 10.6. The molecule has 1 aliphatic heterocycles. The van der Waals surface area contributed by atoms with E-state index >= 15 is 0 Å². The summed E-state index contributed by atoms with van der Waals surface area (Å²) in [5, 5.41) is 7.08. The predicted molar refractivity (Wildman–Crippen MR) is 64.2 cm³/mol.